The number of ether oxygens (including phenoxy) is 2. The molecule has 1 amide bonds. The normalized spacial score (nSPS) is 10.5. The number of anilines is 1. The topological polar surface area (TPSA) is 81.7 Å². The van der Waals surface area contributed by atoms with Crippen molar-refractivity contribution < 1.29 is 23.9 Å². The quantitative estimate of drug-likeness (QED) is 0.476. The highest BCUT2D eigenvalue weighted by Crippen LogP contribution is 2.26. The summed E-state index contributed by atoms with van der Waals surface area (Å²) in [4.78, 5) is 35.6. The Hall–Kier alpha value is -2.67. The standard InChI is InChI=1S/C21H22BrNO5/c1-13(2)10-20(25)23-16-7-4-14(5-8-16)18(24)12-28-19-9-6-15(11-17(19)22)21(26)27-3/h4-9,11,13H,10,12H2,1-3H3,(H,23,25). The van der Waals surface area contributed by atoms with Crippen molar-refractivity contribution in [3.8, 4) is 5.75 Å². The number of nitrogens with one attached hydrogen (secondary N) is 1. The van der Waals surface area contributed by atoms with Gasteiger partial charge in [0.1, 0.15) is 5.75 Å². The van der Waals surface area contributed by atoms with Crippen LogP contribution in [0.25, 0.3) is 0 Å². The minimum atomic E-state index is -0.455. The van der Waals surface area contributed by atoms with Crippen molar-refractivity contribution in [3.05, 3.63) is 58.1 Å². The zero-order valence-electron chi connectivity index (χ0n) is 16.0. The van der Waals surface area contributed by atoms with Gasteiger partial charge in [-0.2, -0.15) is 0 Å². The smallest absolute Gasteiger partial charge is 0.337 e. The number of rotatable bonds is 8. The molecule has 2 aromatic carbocycles. The van der Waals surface area contributed by atoms with Crippen LogP contribution in [0, 0.1) is 5.92 Å². The lowest BCUT2D eigenvalue weighted by Crippen LogP contribution is -2.14. The van der Waals surface area contributed by atoms with Crippen LogP contribution in [-0.2, 0) is 9.53 Å². The number of carbonyl (C=O) groups excluding carboxylic acids is 3. The zero-order chi connectivity index (χ0) is 20.7. The molecule has 28 heavy (non-hydrogen) atoms. The van der Waals surface area contributed by atoms with Gasteiger partial charge < -0.3 is 14.8 Å². The lowest BCUT2D eigenvalue weighted by atomic mass is 10.1. The number of carbonyl (C=O) groups is 3. The molecule has 0 aliphatic rings. The second-order valence-corrected chi connectivity index (χ2v) is 7.43. The first-order chi connectivity index (χ1) is 13.3. The Bertz CT molecular complexity index is 862. The van der Waals surface area contributed by atoms with Crippen LogP contribution < -0.4 is 10.1 Å². The summed E-state index contributed by atoms with van der Waals surface area (Å²) >= 11 is 3.32. The van der Waals surface area contributed by atoms with Crippen LogP contribution in [0.3, 0.4) is 0 Å². The fraction of sp³-hybridized carbons (Fsp3) is 0.286. The fourth-order valence-corrected chi connectivity index (χ4v) is 2.90. The average molecular weight is 448 g/mol. The van der Waals surface area contributed by atoms with E-state index in [9.17, 15) is 14.4 Å². The summed E-state index contributed by atoms with van der Waals surface area (Å²) in [5.41, 5.74) is 1.50. The van der Waals surface area contributed by atoms with Gasteiger partial charge in [0.2, 0.25) is 5.91 Å². The van der Waals surface area contributed by atoms with Gasteiger partial charge in [-0.25, -0.2) is 4.79 Å². The molecular weight excluding hydrogens is 426 g/mol. The van der Waals surface area contributed by atoms with E-state index in [2.05, 4.69) is 26.0 Å². The van der Waals surface area contributed by atoms with Gasteiger partial charge in [-0.3, -0.25) is 9.59 Å². The van der Waals surface area contributed by atoms with E-state index < -0.39 is 5.97 Å². The highest BCUT2D eigenvalue weighted by molar-refractivity contribution is 9.10. The van der Waals surface area contributed by atoms with E-state index in [1.54, 1.807) is 42.5 Å². The van der Waals surface area contributed by atoms with Crippen LogP contribution in [0.4, 0.5) is 5.69 Å². The van der Waals surface area contributed by atoms with Gasteiger partial charge in [-0.1, -0.05) is 13.8 Å². The van der Waals surface area contributed by atoms with Crippen LogP contribution in [0.15, 0.2) is 46.9 Å². The molecule has 1 N–H and O–H groups in total. The highest BCUT2D eigenvalue weighted by Gasteiger charge is 2.12. The van der Waals surface area contributed by atoms with Crippen molar-refractivity contribution in [2.75, 3.05) is 19.0 Å². The lowest BCUT2D eigenvalue weighted by Gasteiger charge is -2.10. The van der Waals surface area contributed by atoms with Gasteiger partial charge >= 0.3 is 5.97 Å². The van der Waals surface area contributed by atoms with E-state index in [0.717, 1.165) is 0 Å². The van der Waals surface area contributed by atoms with Crippen molar-refractivity contribution in [2.45, 2.75) is 20.3 Å². The zero-order valence-corrected chi connectivity index (χ0v) is 17.5. The molecule has 0 aromatic heterocycles. The van der Waals surface area contributed by atoms with Gasteiger partial charge in [0.15, 0.2) is 12.4 Å². The Balaban J connectivity index is 1.94. The molecule has 0 saturated carbocycles. The van der Waals surface area contributed by atoms with E-state index in [4.69, 9.17) is 4.74 Å². The number of ketones is 1. The van der Waals surface area contributed by atoms with Gasteiger partial charge in [-0.15, -0.1) is 0 Å². The summed E-state index contributed by atoms with van der Waals surface area (Å²) < 4.78 is 10.7. The van der Waals surface area contributed by atoms with E-state index in [1.807, 2.05) is 13.8 Å². The molecule has 0 atom stereocenters. The molecule has 0 unspecified atom stereocenters. The first kappa shape index (κ1) is 21.6. The van der Waals surface area contributed by atoms with E-state index in [-0.39, 0.29) is 24.2 Å². The molecule has 0 bridgehead atoms. The van der Waals surface area contributed by atoms with Crippen LogP contribution in [0.2, 0.25) is 0 Å². The summed E-state index contributed by atoms with van der Waals surface area (Å²) in [5.74, 6) is 0.00291. The summed E-state index contributed by atoms with van der Waals surface area (Å²) in [6.07, 6.45) is 0.443. The third kappa shape index (κ3) is 6.20. The molecule has 2 rings (SSSR count). The molecule has 0 heterocycles. The Kier molecular flexibility index (Phi) is 7.75. The lowest BCUT2D eigenvalue weighted by molar-refractivity contribution is -0.116. The Morgan fingerprint density at radius 1 is 1.04 bits per heavy atom. The predicted molar refractivity (Wildman–Crippen MR) is 110 cm³/mol. The van der Waals surface area contributed by atoms with Crippen molar-refractivity contribution >= 4 is 39.3 Å². The summed E-state index contributed by atoms with van der Waals surface area (Å²) in [6.45, 7) is 3.79. The number of Topliss-reactive ketones (excluding diaryl/α,β-unsaturated/α-hetero) is 1. The van der Waals surface area contributed by atoms with E-state index >= 15 is 0 Å². The largest absolute Gasteiger partial charge is 0.484 e. The fourth-order valence-electron chi connectivity index (χ4n) is 2.41. The minimum absolute atomic E-state index is 0.0577. The third-order valence-electron chi connectivity index (χ3n) is 3.80. The van der Waals surface area contributed by atoms with E-state index in [1.165, 1.54) is 7.11 Å². The van der Waals surface area contributed by atoms with Crippen LogP contribution in [-0.4, -0.2) is 31.4 Å². The van der Waals surface area contributed by atoms with Crippen molar-refractivity contribution in [1.82, 2.24) is 0 Å². The minimum Gasteiger partial charge on any atom is -0.484 e. The second kappa shape index (κ2) is 10.0. The number of methoxy groups -OCH3 is 1. The monoisotopic (exact) mass is 447 g/mol. The second-order valence-electron chi connectivity index (χ2n) is 6.57. The molecule has 0 aliphatic heterocycles. The maximum absolute atomic E-state index is 12.3. The third-order valence-corrected chi connectivity index (χ3v) is 4.42. The molecule has 0 fully saturated rings. The van der Waals surface area contributed by atoms with Gasteiger partial charge in [0.05, 0.1) is 17.1 Å². The average Bonchev–Trinajstić information content (AvgIpc) is 2.66. The molecule has 0 radical (unpaired) electrons. The van der Waals surface area contributed by atoms with E-state index in [0.29, 0.717) is 33.5 Å². The molecular formula is C21H22BrNO5. The number of esters is 1. The number of hydrogen-bond donors (Lipinski definition) is 1. The van der Waals surface area contributed by atoms with Gasteiger partial charge in [0, 0.05) is 17.7 Å². The Morgan fingerprint density at radius 3 is 2.25 bits per heavy atom. The van der Waals surface area contributed by atoms with Crippen molar-refractivity contribution in [2.24, 2.45) is 5.92 Å². The molecule has 6 nitrogen and oxygen atoms in total. The summed E-state index contributed by atoms with van der Waals surface area (Å²) in [7, 11) is 1.31. The SMILES string of the molecule is COC(=O)c1ccc(OCC(=O)c2ccc(NC(=O)CC(C)C)cc2)c(Br)c1. The first-order valence-electron chi connectivity index (χ1n) is 8.74. The van der Waals surface area contributed by atoms with Crippen molar-refractivity contribution in [3.63, 3.8) is 0 Å². The molecule has 7 heteroatoms. The number of benzene rings is 2. The molecule has 2 aromatic rings. The summed E-state index contributed by atoms with van der Waals surface area (Å²) in [5, 5.41) is 2.80. The highest BCUT2D eigenvalue weighted by atomic mass is 79.9. The van der Waals surface area contributed by atoms with Crippen LogP contribution in [0.1, 0.15) is 41.0 Å². The summed E-state index contributed by atoms with van der Waals surface area (Å²) in [6, 6.07) is 11.4. The molecule has 0 saturated heterocycles. The molecule has 0 spiro atoms. The first-order valence-corrected chi connectivity index (χ1v) is 9.53. The maximum atomic E-state index is 12.3. The van der Waals surface area contributed by atoms with Gasteiger partial charge in [0.25, 0.3) is 0 Å². The molecule has 148 valence electrons. The number of halogens is 1. The Morgan fingerprint density at radius 2 is 1.68 bits per heavy atom. The van der Waals surface area contributed by atoms with Crippen molar-refractivity contribution in [1.29, 1.82) is 0 Å². The Labute approximate surface area is 172 Å². The van der Waals surface area contributed by atoms with Gasteiger partial charge in [-0.05, 0) is 64.3 Å². The number of hydrogen-bond acceptors (Lipinski definition) is 5. The van der Waals surface area contributed by atoms with Crippen LogP contribution in [0.5, 0.6) is 5.75 Å². The molecule has 0 aliphatic carbocycles. The predicted octanol–water partition coefficient (Wildman–Crippen LogP) is 4.48. The number of amides is 1. The van der Waals surface area contributed by atoms with Crippen LogP contribution >= 0.6 is 15.9 Å². The maximum Gasteiger partial charge on any atom is 0.337 e.